The SMILES string of the molecule is COc1ccncc1C(O)C1CCN(c2ccc(C(F)(F)F)cc2)CC1. The minimum Gasteiger partial charge on any atom is -0.496 e. The van der Waals surface area contributed by atoms with Gasteiger partial charge in [-0.3, -0.25) is 4.98 Å². The van der Waals surface area contributed by atoms with Gasteiger partial charge in [-0.05, 0) is 49.1 Å². The molecule has 1 saturated heterocycles. The van der Waals surface area contributed by atoms with Gasteiger partial charge in [0.2, 0.25) is 0 Å². The Kier molecular flexibility index (Phi) is 5.36. The van der Waals surface area contributed by atoms with Crippen LogP contribution in [0, 0.1) is 5.92 Å². The fourth-order valence-electron chi connectivity index (χ4n) is 3.39. The Morgan fingerprint density at radius 3 is 2.38 bits per heavy atom. The summed E-state index contributed by atoms with van der Waals surface area (Å²) in [7, 11) is 1.55. The zero-order valence-corrected chi connectivity index (χ0v) is 14.4. The molecule has 2 aromatic rings. The van der Waals surface area contributed by atoms with Crippen molar-refractivity contribution in [2.24, 2.45) is 5.92 Å². The predicted octanol–water partition coefficient (Wildman–Crippen LogP) is 4.06. The van der Waals surface area contributed by atoms with Gasteiger partial charge in [-0.2, -0.15) is 13.2 Å². The summed E-state index contributed by atoms with van der Waals surface area (Å²) < 4.78 is 43.3. The molecule has 7 heteroatoms. The lowest BCUT2D eigenvalue weighted by Gasteiger charge is -2.36. The molecule has 0 bridgehead atoms. The summed E-state index contributed by atoms with van der Waals surface area (Å²) in [6, 6.07) is 6.94. The number of aromatic nitrogens is 1. The Morgan fingerprint density at radius 2 is 1.81 bits per heavy atom. The van der Waals surface area contributed by atoms with Crippen LogP contribution in [-0.4, -0.2) is 30.3 Å². The third-order valence-electron chi connectivity index (χ3n) is 4.89. The summed E-state index contributed by atoms with van der Waals surface area (Å²) >= 11 is 0. The molecule has 0 aliphatic carbocycles. The van der Waals surface area contributed by atoms with Crippen molar-refractivity contribution in [1.29, 1.82) is 0 Å². The molecule has 4 nitrogen and oxygen atoms in total. The first-order chi connectivity index (χ1) is 12.4. The van der Waals surface area contributed by atoms with Gasteiger partial charge in [0, 0.05) is 36.7 Å². The molecule has 0 amide bonds. The van der Waals surface area contributed by atoms with Gasteiger partial charge >= 0.3 is 6.18 Å². The van der Waals surface area contributed by atoms with Crippen LogP contribution in [-0.2, 0) is 6.18 Å². The van der Waals surface area contributed by atoms with Crippen LogP contribution in [0.5, 0.6) is 5.75 Å². The van der Waals surface area contributed by atoms with Crippen LogP contribution < -0.4 is 9.64 Å². The van der Waals surface area contributed by atoms with Gasteiger partial charge in [-0.15, -0.1) is 0 Å². The van der Waals surface area contributed by atoms with E-state index in [-0.39, 0.29) is 5.92 Å². The third-order valence-corrected chi connectivity index (χ3v) is 4.89. The highest BCUT2D eigenvalue weighted by Gasteiger charge is 2.31. The number of methoxy groups -OCH3 is 1. The first-order valence-corrected chi connectivity index (χ1v) is 8.48. The minimum atomic E-state index is -4.32. The van der Waals surface area contributed by atoms with Crippen LogP contribution in [0.3, 0.4) is 0 Å². The molecule has 2 heterocycles. The number of aliphatic hydroxyl groups excluding tert-OH is 1. The van der Waals surface area contributed by atoms with Crippen molar-refractivity contribution in [2.45, 2.75) is 25.1 Å². The number of rotatable bonds is 4. The van der Waals surface area contributed by atoms with E-state index in [9.17, 15) is 18.3 Å². The maximum Gasteiger partial charge on any atom is 0.416 e. The highest BCUT2D eigenvalue weighted by molar-refractivity contribution is 5.48. The Bertz CT molecular complexity index is 726. The molecule has 1 aliphatic rings. The van der Waals surface area contributed by atoms with Crippen LogP contribution in [0.1, 0.15) is 30.1 Å². The lowest BCUT2D eigenvalue weighted by molar-refractivity contribution is -0.137. The zero-order chi connectivity index (χ0) is 18.7. The normalized spacial score (nSPS) is 17.2. The van der Waals surface area contributed by atoms with Gasteiger partial charge in [-0.25, -0.2) is 0 Å². The number of pyridine rings is 1. The molecular weight excluding hydrogens is 345 g/mol. The topological polar surface area (TPSA) is 45.6 Å². The zero-order valence-electron chi connectivity index (χ0n) is 14.4. The number of nitrogens with zero attached hydrogens (tertiary/aromatic N) is 2. The molecule has 1 fully saturated rings. The third kappa shape index (κ3) is 3.93. The minimum absolute atomic E-state index is 0.0544. The Morgan fingerprint density at radius 1 is 1.15 bits per heavy atom. The van der Waals surface area contributed by atoms with E-state index in [1.54, 1.807) is 25.6 Å². The van der Waals surface area contributed by atoms with Gasteiger partial charge in [-0.1, -0.05) is 0 Å². The maximum absolute atomic E-state index is 12.7. The summed E-state index contributed by atoms with van der Waals surface area (Å²) in [5.74, 6) is 0.663. The summed E-state index contributed by atoms with van der Waals surface area (Å²) in [5, 5.41) is 10.7. The van der Waals surface area contributed by atoms with E-state index in [2.05, 4.69) is 4.98 Å². The number of anilines is 1. The van der Waals surface area contributed by atoms with E-state index in [1.165, 1.54) is 12.1 Å². The second kappa shape index (κ2) is 7.53. The van der Waals surface area contributed by atoms with E-state index in [0.29, 0.717) is 24.4 Å². The lowest BCUT2D eigenvalue weighted by Crippen LogP contribution is -2.35. The van der Waals surface area contributed by atoms with E-state index < -0.39 is 17.8 Å². The number of ether oxygens (including phenoxy) is 1. The molecular formula is C19H21F3N2O2. The average Bonchev–Trinajstić information content (AvgIpc) is 2.67. The van der Waals surface area contributed by atoms with Crippen LogP contribution in [0.15, 0.2) is 42.7 Å². The molecule has 1 aromatic heterocycles. The molecule has 140 valence electrons. The molecule has 3 rings (SSSR count). The van der Waals surface area contributed by atoms with Gasteiger partial charge in [0.25, 0.3) is 0 Å². The Hall–Kier alpha value is -2.28. The molecule has 1 atom stereocenters. The predicted molar refractivity (Wildman–Crippen MR) is 92.1 cm³/mol. The molecule has 26 heavy (non-hydrogen) atoms. The molecule has 0 radical (unpaired) electrons. The van der Waals surface area contributed by atoms with Crippen molar-refractivity contribution in [3.8, 4) is 5.75 Å². The fraction of sp³-hybridized carbons (Fsp3) is 0.421. The largest absolute Gasteiger partial charge is 0.496 e. The van der Waals surface area contributed by atoms with E-state index in [0.717, 1.165) is 30.7 Å². The van der Waals surface area contributed by atoms with Gasteiger partial charge < -0.3 is 14.7 Å². The molecule has 1 N–H and O–H groups in total. The molecule has 1 aliphatic heterocycles. The van der Waals surface area contributed by atoms with Crippen molar-refractivity contribution >= 4 is 5.69 Å². The fourth-order valence-corrected chi connectivity index (χ4v) is 3.39. The highest BCUT2D eigenvalue weighted by atomic mass is 19.4. The van der Waals surface area contributed by atoms with E-state index >= 15 is 0 Å². The van der Waals surface area contributed by atoms with Crippen molar-refractivity contribution in [3.63, 3.8) is 0 Å². The lowest BCUT2D eigenvalue weighted by atomic mass is 9.87. The quantitative estimate of drug-likeness (QED) is 0.886. The first-order valence-electron chi connectivity index (χ1n) is 8.48. The van der Waals surface area contributed by atoms with Gasteiger partial charge in [0.1, 0.15) is 5.75 Å². The second-order valence-electron chi connectivity index (χ2n) is 6.43. The number of piperidine rings is 1. The number of alkyl halides is 3. The standard InChI is InChI=1S/C19H21F3N2O2/c1-26-17-6-9-23-12-16(17)18(25)13-7-10-24(11-8-13)15-4-2-14(3-5-15)19(20,21)22/h2-6,9,12-13,18,25H,7-8,10-11H2,1H3. The Balaban J connectivity index is 1.64. The van der Waals surface area contributed by atoms with Gasteiger partial charge in [0.05, 0.1) is 18.8 Å². The molecule has 1 aromatic carbocycles. The van der Waals surface area contributed by atoms with Crippen molar-refractivity contribution < 1.29 is 23.0 Å². The monoisotopic (exact) mass is 366 g/mol. The maximum atomic E-state index is 12.7. The van der Waals surface area contributed by atoms with Crippen molar-refractivity contribution in [1.82, 2.24) is 4.98 Å². The number of hydrogen-bond acceptors (Lipinski definition) is 4. The van der Waals surface area contributed by atoms with Crippen molar-refractivity contribution in [3.05, 3.63) is 53.9 Å². The molecule has 0 spiro atoms. The van der Waals surface area contributed by atoms with Crippen LogP contribution in [0.2, 0.25) is 0 Å². The number of aliphatic hydroxyl groups is 1. The summed E-state index contributed by atoms with van der Waals surface area (Å²) in [6.07, 6.45) is -0.291. The highest BCUT2D eigenvalue weighted by Crippen LogP contribution is 2.36. The number of benzene rings is 1. The van der Waals surface area contributed by atoms with Crippen LogP contribution in [0.4, 0.5) is 18.9 Å². The number of hydrogen-bond donors (Lipinski definition) is 1. The van der Waals surface area contributed by atoms with E-state index in [1.807, 2.05) is 4.90 Å². The molecule has 1 unspecified atom stereocenters. The number of halogens is 3. The van der Waals surface area contributed by atoms with Gasteiger partial charge in [0.15, 0.2) is 0 Å². The second-order valence-corrected chi connectivity index (χ2v) is 6.43. The average molecular weight is 366 g/mol. The smallest absolute Gasteiger partial charge is 0.416 e. The van der Waals surface area contributed by atoms with E-state index in [4.69, 9.17) is 4.74 Å². The van der Waals surface area contributed by atoms with Crippen LogP contribution >= 0.6 is 0 Å². The molecule has 0 saturated carbocycles. The summed E-state index contributed by atoms with van der Waals surface area (Å²) in [6.45, 7) is 1.35. The summed E-state index contributed by atoms with van der Waals surface area (Å²) in [4.78, 5) is 6.10. The summed E-state index contributed by atoms with van der Waals surface area (Å²) in [5.41, 5.74) is 0.795. The van der Waals surface area contributed by atoms with Crippen LogP contribution in [0.25, 0.3) is 0 Å². The van der Waals surface area contributed by atoms with Crippen molar-refractivity contribution in [2.75, 3.05) is 25.1 Å². The Labute approximate surface area is 150 Å². The first kappa shape index (κ1) is 18.5.